The van der Waals surface area contributed by atoms with Gasteiger partial charge < -0.3 is 20.4 Å². The Morgan fingerprint density at radius 1 is 1.15 bits per heavy atom. The number of carbonyl (C=O) groups excluding carboxylic acids is 2. The fourth-order valence-corrected chi connectivity index (χ4v) is 5.44. The smallest absolute Gasteiger partial charge is 0.240 e. The molecule has 0 aromatic rings. The first kappa shape index (κ1) is 19.9. The van der Waals surface area contributed by atoms with E-state index >= 15 is 0 Å². The maximum Gasteiger partial charge on any atom is 0.240 e. The molecule has 3 aliphatic heterocycles. The van der Waals surface area contributed by atoms with Gasteiger partial charge in [-0.25, -0.2) is 0 Å². The first-order valence-electron chi connectivity index (χ1n) is 9.75. The van der Waals surface area contributed by atoms with Crippen LogP contribution in [0.25, 0.3) is 0 Å². The van der Waals surface area contributed by atoms with E-state index in [4.69, 9.17) is 5.73 Å². The zero-order valence-corrected chi connectivity index (χ0v) is 17.1. The summed E-state index contributed by atoms with van der Waals surface area (Å²) >= 11 is 1.80. The Balaban J connectivity index is 1.59. The molecule has 3 rings (SSSR count). The van der Waals surface area contributed by atoms with Gasteiger partial charge >= 0.3 is 0 Å². The van der Waals surface area contributed by atoms with Gasteiger partial charge in [-0.05, 0) is 25.8 Å². The number of amides is 2. The highest BCUT2D eigenvalue weighted by atomic mass is 32.2. The van der Waals surface area contributed by atoms with Crippen molar-refractivity contribution in [3.05, 3.63) is 0 Å². The first-order chi connectivity index (χ1) is 12.3. The third-order valence-corrected chi connectivity index (χ3v) is 7.35. The zero-order chi connectivity index (χ0) is 18.9. The van der Waals surface area contributed by atoms with Crippen molar-refractivity contribution in [2.75, 3.05) is 52.1 Å². The van der Waals surface area contributed by atoms with Gasteiger partial charge in [0.15, 0.2) is 0 Å². The number of nitrogens with zero attached hydrogens (tertiary/aromatic N) is 3. The van der Waals surface area contributed by atoms with Crippen LogP contribution in [0.1, 0.15) is 26.7 Å². The number of hydrogen-bond acceptors (Lipinski definition) is 6. The van der Waals surface area contributed by atoms with Crippen LogP contribution < -0.4 is 11.1 Å². The van der Waals surface area contributed by atoms with Crippen LogP contribution in [0.3, 0.4) is 0 Å². The third kappa shape index (κ3) is 4.18. The van der Waals surface area contributed by atoms with Crippen LogP contribution in [-0.4, -0.2) is 95.5 Å². The van der Waals surface area contributed by atoms with Gasteiger partial charge in [0.1, 0.15) is 0 Å². The van der Waals surface area contributed by atoms with Crippen LogP contribution >= 0.6 is 11.8 Å². The molecule has 3 N–H and O–H groups in total. The van der Waals surface area contributed by atoms with Crippen molar-refractivity contribution < 1.29 is 9.59 Å². The molecule has 3 saturated heterocycles. The molecule has 2 amide bonds. The van der Waals surface area contributed by atoms with Crippen LogP contribution in [-0.2, 0) is 9.59 Å². The minimum absolute atomic E-state index is 0.0373. The van der Waals surface area contributed by atoms with Crippen LogP contribution in [0.5, 0.6) is 0 Å². The summed E-state index contributed by atoms with van der Waals surface area (Å²) in [5, 5.41) is 3.59. The van der Waals surface area contributed by atoms with Crippen molar-refractivity contribution in [1.82, 2.24) is 20.0 Å². The summed E-state index contributed by atoms with van der Waals surface area (Å²) in [5.41, 5.74) is 6.08. The van der Waals surface area contributed by atoms with E-state index in [0.717, 1.165) is 51.3 Å². The predicted octanol–water partition coefficient (Wildman–Crippen LogP) is -0.233. The number of hydrogen-bond donors (Lipinski definition) is 2. The molecule has 0 radical (unpaired) electrons. The van der Waals surface area contributed by atoms with E-state index in [9.17, 15) is 9.59 Å². The van der Waals surface area contributed by atoms with E-state index in [-0.39, 0.29) is 28.6 Å². The van der Waals surface area contributed by atoms with Gasteiger partial charge in [0.25, 0.3) is 0 Å². The minimum atomic E-state index is -0.445. The maximum atomic E-state index is 12.9. The summed E-state index contributed by atoms with van der Waals surface area (Å²) in [4.78, 5) is 31.5. The van der Waals surface area contributed by atoms with Crippen LogP contribution in [0.15, 0.2) is 0 Å². The van der Waals surface area contributed by atoms with E-state index in [1.807, 2.05) is 23.6 Å². The molecule has 0 bridgehead atoms. The number of likely N-dealkylation sites (N-methyl/N-ethyl adjacent to an activating group) is 1. The standard InChI is InChI=1S/C18H33N5O2S/c1-13(2)15(19)17(25)23-6-4-5-18(12-23)20-14(11-26-18)16(24)22-9-7-21(3)8-10-22/h13-15,20H,4-12,19H2,1-3H3/t14-,15-,18?/m0/s1. The van der Waals surface area contributed by atoms with Gasteiger partial charge in [-0.1, -0.05) is 13.8 Å². The summed E-state index contributed by atoms with van der Waals surface area (Å²) in [5.74, 6) is 1.17. The molecule has 1 unspecified atom stereocenters. The summed E-state index contributed by atoms with van der Waals surface area (Å²) < 4.78 is 0. The normalized spacial score (nSPS) is 31.7. The lowest BCUT2D eigenvalue weighted by molar-refractivity contribution is -0.135. The summed E-state index contributed by atoms with van der Waals surface area (Å²) in [6, 6.07) is -0.587. The van der Waals surface area contributed by atoms with E-state index in [2.05, 4.69) is 17.3 Å². The second-order valence-electron chi connectivity index (χ2n) is 8.26. The van der Waals surface area contributed by atoms with Gasteiger partial charge in [-0.2, -0.15) is 0 Å². The van der Waals surface area contributed by atoms with Crippen molar-refractivity contribution in [1.29, 1.82) is 0 Å². The molecule has 3 heterocycles. The van der Waals surface area contributed by atoms with Gasteiger partial charge in [0.2, 0.25) is 11.8 Å². The number of nitrogens with two attached hydrogens (primary N) is 1. The molecule has 8 heteroatoms. The van der Waals surface area contributed by atoms with Crippen LogP contribution in [0.2, 0.25) is 0 Å². The molecule has 148 valence electrons. The molecule has 0 aromatic heterocycles. The summed E-state index contributed by atoms with van der Waals surface area (Å²) in [6.07, 6.45) is 1.94. The van der Waals surface area contributed by atoms with Gasteiger partial charge in [0, 0.05) is 45.0 Å². The summed E-state index contributed by atoms with van der Waals surface area (Å²) in [7, 11) is 2.09. The molecule has 0 aliphatic carbocycles. The number of thioether (sulfide) groups is 1. The average Bonchev–Trinajstić information content (AvgIpc) is 3.03. The molecule has 0 saturated carbocycles. The van der Waals surface area contributed by atoms with E-state index in [1.54, 1.807) is 11.8 Å². The zero-order valence-electron chi connectivity index (χ0n) is 16.2. The fraction of sp³-hybridized carbons (Fsp3) is 0.889. The van der Waals surface area contributed by atoms with Crippen molar-refractivity contribution in [2.45, 2.75) is 43.6 Å². The lowest BCUT2D eigenvalue weighted by Crippen LogP contribution is -2.60. The lowest BCUT2D eigenvalue weighted by atomic mass is 9.99. The van der Waals surface area contributed by atoms with E-state index in [1.165, 1.54) is 0 Å². The second kappa shape index (κ2) is 8.04. The molecular formula is C18H33N5O2S. The Morgan fingerprint density at radius 2 is 1.85 bits per heavy atom. The van der Waals surface area contributed by atoms with E-state index in [0.29, 0.717) is 6.54 Å². The monoisotopic (exact) mass is 383 g/mol. The molecule has 0 aromatic carbocycles. The second-order valence-corrected chi connectivity index (χ2v) is 9.67. The van der Waals surface area contributed by atoms with Gasteiger partial charge in [-0.15, -0.1) is 11.8 Å². The number of rotatable bonds is 3. The Kier molecular flexibility index (Phi) is 6.16. The van der Waals surface area contributed by atoms with Gasteiger partial charge in [0.05, 0.1) is 17.0 Å². The number of nitrogens with one attached hydrogen (secondary N) is 1. The number of piperidine rings is 1. The van der Waals surface area contributed by atoms with Crippen LogP contribution in [0, 0.1) is 5.92 Å². The largest absolute Gasteiger partial charge is 0.339 e. The maximum absolute atomic E-state index is 12.9. The molecule has 3 atom stereocenters. The molecular weight excluding hydrogens is 350 g/mol. The lowest BCUT2D eigenvalue weighted by Gasteiger charge is -2.41. The van der Waals surface area contributed by atoms with Crippen LogP contribution in [0.4, 0.5) is 0 Å². The van der Waals surface area contributed by atoms with Gasteiger partial charge in [-0.3, -0.25) is 14.9 Å². The Bertz CT molecular complexity index is 538. The minimum Gasteiger partial charge on any atom is -0.339 e. The van der Waals surface area contributed by atoms with Crippen molar-refractivity contribution in [3.8, 4) is 0 Å². The Labute approximate surface area is 161 Å². The SMILES string of the molecule is CC(C)[C@H](N)C(=O)N1CCCC2(C1)N[C@H](C(=O)N1CCN(C)CC1)CS2. The van der Waals surface area contributed by atoms with Crippen molar-refractivity contribution in [3.63, 3.8) is 0 Å². The highest BCUT2D eigenvalue weighted by Crippen LogP contribution is 2.38. The number of likely N-dealkylation sites (tertiary alicyclic amines) is 1. The highest BCUT2D eigenvalue weighted by Gasteiger charge is 2.46. The Hall–Kier alpha value is -0.830. The average molecular weight is 384 g/mol. The third-order valence-electron chi connectivity index (χ3n) is 5.85. The predicted molar refractivity (Wildman–Crippen MR) is 105 cm³/mol. The first-order valence-corrected chi connectivity index (χ1v) is 10.7. The Morgan fingerprint density at radius 3 is 2.50 bits per heavy atom. The fourth-order valence-electron chi connectivity index (χ4n) is 3.97. The quantitative estimate of drug-likeness (QED) is 0.701. The number of carbonyl (C=O) groups is 2. The summed E-state index contributed by atoms with van der Waals surface area (Å²) in [6.45, 7) is 8.85. The van der Waals surface area contributed by atoms with Crippen molar-refractivity contribution in [2.24, 2.45) is 11.7 Å². The van der Waals surface area contributed by atoms with E-state index < -0.39 is 6.04 Å². The molecule has 7 nitrogen and oxygen atoms in total. The topological polar surface area (TPSA) is 81.9 Å². The molecule has 26 heavy (non-hydrogen) atoms. The number of piperazine rings is 1. The highest BCUT2D eigenvalue weighted by molar-refractivity contribution is 8.01. The molecule has 3 fully saturated rings. The van der Waals surface area contributed by atoms with Crippen molar-refractivity contribution >= 4 is 23.6 Å². The molecule has 1 spiro atoms. The molecule has 3 aliphatic rings.